The van der Waals surface area contributed by atoms with Gasteiger partial charge in [-0.1, -0.05) is 0 Å². The number of carbonyl (C=O) groups is 2. The molecule has 0 spiro atoms. The van der Waals surface area contributed by atoms with Gasteiger partial charge in [0.15, 0.2) is 0 Å². The Hall–Kier alpha value is -0.261. The second-order valence-electron chi connectivity index (χ2n) is 9.10. The minimum atomic E-state index is -3.73. The van der Waals surface area contributed by atoms with Crippen LogP contribution in [0.1, 0.15) is 143 Å². The van der Waals surface area contributed by atoms with Crippen LogP contribution in [0.25, 0.3) is 0 Å². The standard InChI is InChI=1S/2C9H18O2.2C4H9.Sn/c2*1-2-3-4-5-6-7-8-9(10)11;2*1-3-4-2;/h2*2-8H2,1H3,(H,10,11);2*1,3-4H2,2H3;/q;;;;+2/p-2. The van der Waals surface area contributed by atoms with Gasteiger partial charge in [0.1, 0.15) is 0 Å². The molecule has 0 bridgehead atoms. The van der Waals surface area contributed by atoms with Crippen molar-refractivity contribution in [3.05, 3.63) is 0 Å². The van der Waals surface area contributed by atoms with Crippen molar-refractivity contribution in [1.29, 1.82) is 0 Å². The molecule has 0 atom stereocenters. The molecule has 0 heterocycles. The summed E-state index contributed by atoms with van der Waals surface area (Å²) in [6.07, 6.45) is 18.8. The molecule has 184 valence electrons. The summed E-state index contributed by atoms with van der Waals surface area (Å²) in [6, 6.07) is 0. The Morgan fingerprint density at radius 2 is 0.806 bits per heavy atom. The molecule has 0 unspecified atom stereocenters. The zero-order valence-corrected chi connectivity index (χ0v) is 24.1. The quantitative estimate of drug-likeness (QED) is 0.101. The van der Waals surface area contributed by atoms with Crippen LogP contribution in [0.2, 0.25) is 8.87 Å². The first-order chi connectivity index (χ1) is 15.0. The summed E-state index contributed by atoms with van der Waals surface area (Å²) >= 11 is -3.73. The predicted octanol–water partition coefficient (Wildman–Crippen LogP) is 8.62. The molecule has 0 rings (SSSR count). The zero-order chi connectivity index (χ0) is 23.2. The average Bonchev–Trinajstić information content (AvgIpc) is 2.75. The normalized spacial score (nSPS) is 11.5. The molecule has 0 amide bonds. The average molecular weight is 547 g/mol. The SMILES string of the molecule is CCCCCCCCC(=O)[O][Sn]([CH2]CCC)([CH2]CCC)[O]C(=O)CCCCCCCC. The van der Waals surface area contributed by atoms with Crippen LogP contribution in [0.15, 0.2) is 0 Å². The summed E-state index contributed by atoms with van der Waals surface area (Å²) < 4.78 is 13.9. The van der Waals surface area contributed by atoms with Gasteiger partial charge >= 0.3 is 199 Å². The molecule has 5 heteroatoms. The Kier molecular flexibility index (Phi) is 21.4. The van der Waals surface area contributed by atoms with Gasteiger partial charge in [-0.05, 0) is 0 Å². The third-order valence-corrected chi connectivity index (χ3v) is 15.7. The van der Waals surface area contributed by atoms with E-state index in [0.717, 1.165) is 60.2 Å². The van der Waals surface area contributed by atoms with Crippen molar-refractivity contribution in [2.45, 2.75) is 152 Å². The Bertz CT molecular complexity index is 399. The minimum absolute atomic E-state index is 0.120. The summed E-state index contributed by atoms with van der Waals surface area (Å²) in [6.45, 7) is 8.72. The molecule has 0 aromatic rings. The molecule has 0 aliphatic rings. The first-order valence-corrected chi connectivity index (χ1v) is 19.8. The van der Waals surface area contributed by atoms with Crippen molar-refractivity contribution in [3.63, 3.8) is 0 Å². The summed E-state index contributed by atoms with van der Waals surface area (Å²) in [7, 11) is 0. The van der Waals surface area contributed by atoms with Crippen LogP contribution in [-0.2, 0) is 15.7 Å². The zero-order valence-electron chi connectivity index (χ0n) is 21.3. The molecular weight excluding hydrogens is 495 g/mol. The molecule has 31 heavy (non-hydrogen) atoms. The van der Waals surface area contributed by atoms with Crippen LogP contribution in [0, 0.1) is 0 Å². The monoisotopic (exact) mass is 548 g/mol. The molecule has 0 saturated heterocycles. The van der Waals surface area contributed by atoms with E-state index in [2.05, 4.69) is 27.7 Å². The van der Waals surface area contributed by atoms with Crippen molar-refractivity contribution in [2.24, 2.45) is 0 Å². The fraction of sp³-hybridized carbons (Fsp3) is 0.923. The predicted molar refractivity (Wildman–Crippen MR) is 133 cm³/mol. The van der Waals surface area contributed by atoms with E-state index in [-0.39, 0.29) is 11.9 Å². The van der Waals surface area contributed by atoms with Gasteiger partial charge in [-0.15, -0.1) is 0 Å². The van der Waals surface area contributed by atoms with Crippen molar-refractivity contribution >= 4 is 31.1 Å². The Labute approximate surface area is 198 Å². The Morgan fingerprint density at radius 3 is 1.16 bits per heavy atom. The van der Waals surface area contributed by atoms with E-state index in [4.69, 9.17) is 6.15 Å². The number of carbonyl (C=O) groups excluding carboxylic acids is 2. The summed E-state index contributed by atoms with van der Waals surface area (Å²) in [4.78, 5) is 25.3. The van der Waals surface area contributed by atoms with E-state index < -0.39 is 19.2 Å². The fourth-order valence-electron chi connectivity index (χ4n) is 3.86. The molecule has 4 nitrogen and oxygen atoms in total. The molecule has 0 radical (unpaired) electrons. The van der Waals surface area contributed by atoms with Gasteiger partial charge in [0.25, 0.3) is 0 Å². The van der Waals surface area contributed by atoms with Crippen molar-refractivity contribution in [1.82, 2.24) is 0 Å². The van der Waals surface area contributed by atoms with Gasteiger partial charge in [-0.2, -0.15) is 0 Å². The molecule has 0 fully saturated rings. The van der Waals surface area contributed by atoms with Crippen LogP contribution in [0.4, 0.5) is 0 Å². The van der Waals surface area contributed by atoms with Gasteiger partial charge in [0.2, 0.25) is 0 Å². The van der Waals surface area contributed by atoms with Crippen molar-refractivity contribution < 1.29 is 15.7 Å². The van der Waals surface area contributed by atoms with Gasteiger partial charge in [0.05, 0.1) is 0 Å². The Balaban J connectivity index is 4.71. The molecular formula is C26H52O4Sn. The molecule has 0 aliphatic heterocycles. The summed E-state index contributed by atoms with van der Waals surface area (Å²) in [5, 5.41) is 0. The molecule has 0 N–H and O–H groups in total. The van der Waals surface area contributed by atoms with E-state index in [9.17, 15) is 9.59 Å². The van der Waals surface area contributed by atoms with Crippen molar-refractivity contribution in [3.8, 4) is 0 Å². The van der Waals surface area contributed by atoms with E-state index in [0.29, 0.717) is 12.8 Å². The van der Waals surface area contributed by atoms with Crippen LogP contribution < -0.4 is 0 Å². The van der Waals surface area contributed by atoms with E-state index in [1.54, 1.807) is 0 Å². The Morgan fingerprint density at radius 1 is 0.484 bits per heavy atom. The second-order valence-corrected chi connectivity index (χ2v) is 18.3. The van der Waals surface area contributed by atoms with E-state index >= 15 is 0 Å². The molecule has 0 aliphatic carbocycles. The number of hydrogen-bond donors (Lipinski definition) is 0. The number of rotatable bonds is 22. The van der Waals surface area contributed by atoms with Crippen molar-refractivity contribution in [2.75, 3.05) is 0 Å². The third-order valence-electron chi connectivity index (χ3n) is 5.89. The second kappa shape index (κ2) is 21.6. The first kappa shape index (κ1) is 30.7. The van der Waals surface area contributed by atoms with Gasteiger partial charge in [-0.25, -0.2) is 0 Å². The van der Waals surface area contributed by atoms with Gasteiger partial charge < -0.3 is 0 Å². The number of hydrogen-bond acceptors (Lipinski definition) is 4. The first-order valence-electron chi connectivity index (χ1n) is 13.5. The molecule has 0 saturated carbocycles. The third kappa shape index (κ3) is 17.9. The topological polar surface area (TPSA) is 52.6 Å². The van der Waals surface area contributed by atoms with Crippen LogP contribution in [0.5, 0.6) is 0 Å². The fourth-order valence-corrected chi connectivity index (χ4v) is 13.9. The maximum atomic E-state index is 12.7. The summed E-state index contributed by atoms with van der Waals surface area (Å²) in [5.74, 6) is -0.239. The molecule has 0 aromatic heterocycles. The van der Waals surface area contributed by atoms with Crippen LogP contribution in [-0.4, -0.2) is 31.1 Å². The maximum absolute atomic E-state index is 12.7. The summed E-state index contributed by atoms with van der Waals surface area (Å²) in [5.41, 5.74) is 0. The van der Waals surface area contributed by atoms with Crippen LogP contribution >= 0.6 is 0 Å². The molecule has 0 aromatic carbocycles. The van der Waals surface area contributed by atoms with Crippen LogP contribution in [0.3, 0.4) is 0 Å². The number of unbranched alkanes of at least 4 members (excludes halogenated alkanes) is 12. The van der Waals surface area contributed by atoms with Gasteiger partial charge in [-0.3, -0.25) is 0 Å². The van der Waals surface area contributed by atoms with Gasteiger partial charge in [0, 0.05) is 0 Å². The van der Waals surface area contributed by atoms with E-state index in [1.165, 1.54) is 51.4 Å². The van der Waals surface area contributed by atoms with E-state index in [1.807, 2.05) is 0 Å².